The summed E-state index contributed by atoms with van der Waals surface area (Å²) in [6, 6.07) is 7.87. The molecule has 2 N–H and O–H groups in total. The summed E-state index contributed by atoms with van der Waals surface area (Å²) in [5.41, 5.74) is 7.30. The van der Waals surface area contributed by atoms with E-state index in [1.54, 1.807) is 6.92 Å². The zero-order valence-electron chi connectivity index (χ0n) is 9.32. The quantitative estimate of drug-likeness (QED) is 0.852. The molecule has 84 valence electrons. The molecule has 1 heterocycles. The summed E-state index contributed by atoms with van der Waals surface area (Å²) in [7, 11) is 0. The van der Waals surface area contributed by atoms with Gasteiger partial charge in [0, 0.05) is 18.2 Å². The highest BCUT2D eigenvalue weighted by molar-refractivity contribution is 5.82. The van der Waals surface area contributed by atoms with Gasteiger partial charge in [-0.1, -0.05) is 12.1 Å². The first kappa shape index (κ1) is 10.9. The lowest BCUT2D eigenvalue weighted by Gasteiger charge is -1.96. The molecule has 0 fully saturated rings. The van der Waals surface area contributed by atoms with Crippen LogP contribution in [-0.4, -0.2) is 12.3 Å². The molecular weight excluding hydrogens is 202 g/mol. The molecule has 0 aliphatic heterocycles. The van der Waals surface area contributed by atoms with Crippen LogP contribution < -0.4 is 5.73 Å². The number of rotatable bonds is 4. The number of carbonyl (C=O) groups excluding carboxylic acids is 1. The normalized spacial score (nSPS) is 10.9. The first-order valence-electron chi connectivity index (χ1n) is 5.40. The van der Waals surface area contributed by atoms with Crippen LogP contribution in [0.1, 0.15) is 18.2 Å². The third-order valence-corrected chi connectivity index (χ3v) is 2.48. The molecule has 1 aromatic carbocycles. The molecule has 0 radical (unpaired) electrons. The van der Waals surface area contributed by atoms with E-state index in [4.69, 9.17) is 10.2 Å². The lowest BCUT2D eigenvalue weighted by atomic mass is 10.1. The average Bonchev–Trinajstić information content (AvgIpc) is 2.59. The van der Waals surface area contributed by atoms with Gasteiger partial charge in [0.15, 0.2) is 0 Å². The first-order chi connectivity index (χ1) is 7.69. The fraction of sp³-hybridized carbons (Fsp3) is 0.308. The second-order valence-electron chi connectivity index (χ2n) is 4.00. The molecule has 0 saturated heterocycles. The summed E-state index contributed by atoms with van der Waals surface area (Å²) in [5.74, 6) is 1.06. The van der Waals surface area contributed by atoms with Gasteiger partial charge in [-0.25, -0.2) is 0 Å². The van der Waals surface area contributed by atoms with Gasteiger partial charge in [-0.3, -0.25) is 4.79 Å². The summed E-state index contributed by atoms with van der Waals surface area (Å²) in [6.07, 6.45) is 1.21. The van der Waals surface area contributed by atoms with Crippen molar-refractivity contribution >= 4 is 16.8 Å². The number of Topliss-reactive ketones (excluding diaryl/α,β-unsaturated/α-hetero) is 1. The molecule has 0 saturated carbocycles. The van der Waals surface area contributed by atoms with Gasteiger partial charge in [-0.05, 0) is 31.2 Å². The molecule has 0 amide bonds. The lowest BCUT2D eigenvalue weighted by molar-refractivity contribution is -0.116. The van der Waals surface area contributed by atoms with E-state index in [0.29, 0.717) is 13.0 Å². The second kappa shape index (κ2) is 4.49. The molecule has 2 aromatic rings. The fourth-order valence-electron chi connectivity index (χ4n) is 1.79. The predicted molar refractivity (Wildman–Crippen MR) is 63.4 cm³/mol. The van der Waals surface area contributed by atoms with Crippen LogP contribution >= 0.6 is 0 Å². The first-order valence-corrected chi connectivity index (χ1v) is 5.40. The highest BCUT2D eigenvalue weighted by Gasteiger charge is 2.05. The lowest BCUT2D eigenvalue weighted by Crippen LogP contribution is -2.01. The van der Waals surface area contributed by atoms with Crippen LogP contribution in [0.3, 0.4) is 0 Å². The van der Waals surface area contributed by atoms with E-state index in [2.05, 4.69) is 0 Å². The minimum absolute atomic E-state index is 0.160. The Bertz CT molecular complexity index is 514. The largest absolute Gasteiger partial charge is 0.461 e. The average molecular weight is 217 g/mol. The van der Waals surface area contributed by atoms with Crippen molar-refractivity contribution < 1.29 is 9.21 Å². The Morgan fingerprint density at radius 2 is 2.19 bits per heavy atom. The van der Waals surface area contributed by atoms with Gasteiger partial charge < -0.3 is 10.2 Å². The third kappa shape index (κ3) is 2.31. The number of carbonyl (C=O) groups is 1. The Labute approximate surface area is 94.2 Å². The van der Waals surface area contributed by atoms with Crippen molar-refractivity contribution in [2.75, 3.05) is 6.54 Å². The van der Waals surface area contributed by atoms with Crippen LogP contribution in [0.5, 0.6) is 0 Å². The van der Waals surface area contributed by atoms with Crippen molar-refractivity contribution in [2.24, 2.45) is 5.73 Å². The van der Waals surface area contributed by atoms with Crippen LogP contribution in [-0.2, 0) is 17.6 Å². The van der Waals surface area contributed by atoms with E-state index >= 15 is 0 Å². The summed E-state index contributed by atoms with van der Waals surface area (Å²) in [5, 5.41) is 1.07. The van der Waals surface area contributed by atoms with Crippen LogP contribution in [0.25, 0.3) is 11.0 Å². The molecule has 0 aliphatic rings. The maximum atomic E-state index is 11.0. The van der Waals surface area contributed by atoms with E-state index in [1.807, 2.05) is 24.3 Å². The molecule has 0 atom stereocenters. The van der Waals surface area contributed by atoms with Gasteiger partial charge in [-0.2, -0.15) is 0 Å². The van der Waals surface area contributed by atoms with Crippen molar-refractivity contribution in [1.29, 1.82) is 0 Å². The molecule has 0 bridgehead atoms. The summed E-state index contributed by atoms with van der Waals surface area (Å²) in [6.45, 7) is 2.17. The van der Waals surface area contributed by atoms with Crippen LogP contribution in [0.4, 0.5) is 0 Å². The smallest absolute Gasteiger partial charge is 0.134 e. The minimum Gasteiger partial charge on any atom is -0.461 e. The summed E-state index contributed by atoms with van der Waals surface area (Å²) in [4.78, 5) is 11.0. The van der Waals surface area contributed by atoms with E-state index in [9.17, 15) is 4.79 Å². The zero-order chi connectivity index (χ0) is 11.5. The molecule has 0 unspecified atom stereocenters. The zero-order valence-corrected chi connectivity index (χ0v) is 9.32. The highest BCUT2D eigenvalue weighted by Crippen LogP contribution is 2.21. The van der Waals surface area contributed by atoms with Crippen molar-refractivity contribution in [3.05, 3.63) is 35.6 Å². The number of furan rings is 1. The van der Waals surface area contributed by atoms with Gasteiger partial charge in [-0.15, -0.1) is 0 Å². The Hall–Kier alpha value is -1.61. The molecule has 3 heteroatoms. The molecule has 1 aromatic heterocycles. The fourth-order valence-corrected chi connectivity index (χ4v) is 1.79. The number of ketones is 1. The van der Waals surface area contributed by atoms with E-state index < -0.39 is 0 Å². The van der Waals surface area contributed by atoms with Gasteiger partial charge in [0.1, 0.15) is 17.1 Å². The third-order valence-electron chi connectivity index (χ3n) is 2.48. The van der Waals surface area contributed by atoms with Gasteiger partial charge in [0.25, 0.3) is 0 Å². The minimum atomic E-state index is 0.160. The number of hydrogen-bond acceptors (Lipinski definition) is 3. The Balaban J connectivity index is 2.33. The molecular formula is C13H15NO2. The number of benzene rings is 1. The topological polar surface area (TPSA) is 56.2 Å². The van der Waals surface area contributed by atoms with Gasteiger partial charge in [0.05, 0.1) is 0 Å². The van der Waals surface area contributed by atoms with Crippen molar-refractivity contribution in [3.63, 3.8) is 0 Å². The van der Waals surface area contributed by atoms with Crippen LogP contribution in [0.2, 0.25) is 0 Å². The van der Waals surface area contributed by atoms with Crippen molar-refractivity contribution in [1.82, 2.24) is 0 Å². The number of nitrogens with two attached hydrogens (primary N) is 1. The van der Waals surface area contributed by atoms with E-state index in [1.165, 1.54) is 0 Å². The SMILES string of the molecule is CC(=O)Cc1ccc2cc(CCN)oc2c1. The van der Waals surface area contributed by atoms with Crippen LogP contribution in [0.15, 0.2) is 28.7 Å². The monoisotopic (exact) mass is 217 g/mol. The molecule has 0 spiro atoms. The number of hydrogen-bond donors (Lipinski definition) is 1. The second-order valence-corrected chi connectivity index (χ2v) is 4.00. The van der Waals surface area contributed by atoms with E-state index in [-0.39, 0.29) is 5.78 Å². The van der Waals surface area contributed by atoms with Crippen molar-refractivity contribution in [3.8, 4) is 0 Å². The molecule has 16 heavy (non-hydrogen) atoms. The van der Waals surface area contributed by atoms with Crippen LogP contribution in [0, 0.1) is 0 Å². The summed E-state index contributed by atoms with van der Waals surface area (Å²) < 4.78 is 5.64. The van der Waals surface area contributed by atoms with Crippen molar-refractivity contribution in [2.45, 2.75) is 19.8 Å². The maximum absolute atomic E-state index is 11.0. The maximum Gasteiger partial charge on any atom is 0.134 e. The highest BCUT2D eigenvalue weighted by atomic mass is 16.3. The Kier molecular flexibility index (Phi) is 3.06. The molecule has 0 aliphatic carbocycles. The standard InChI is InChI=1S/C13H15NO2/c1-9(15)6-10-2-3-11-8-12(4-5-14)16-13(11)7-10/h2-3,7-8H,4-6,14H2,1H3. The Morgan fingerprint density at radius 1 is 1.38 bits per heavy atom. The van der Waals surface area contributed by atoms with E-state index in [0.717, 1.165) is 28.7 Å². The molecule has 3 nitrogen and oxygen atoms in total. The van der Waals surface area contributed by atoms with Gasteiger partial charge in [0.2, 0.25) is 0 Å². The predicted octanol–water partition coefficient (Wildman–Crippen LogP) is 2.07. The van der Waals surface area contributed by atoms with Gasteiger partial charge >= 0.3 is 0 Å². The molecule has 2 rings (SSSR count). The summed E-state index contributed by atoms with van der Waals surface area (Å²) >= 11 is 0. The Morgan fingerprint density at radius 3 is 2.88 bits per heavy atom. The number of fused-ring (bicyclic) bond motifs is 1.